The standard InChI is InChI=1S/C23H18ClF3N2O2/c24-20-13-19(10-7-16(20)14-28)29-21(30)22(31,17-3-1-2-4-17)12-11-15-5-8-18(9-6-15)23(25,26)27/h5-10,13,17,31H,1-4H2,(H,29,30). The Balaban J connectivity index is 1.88. The molecule has 1 fully saturated rings. The largest absolute Gasteiger partial charge is 0.416 e. The summed E-state index contributed by atoms with van der Waals surface area (Å²) in [5, 5.41) is 22.9. The third kappa shape index (κ3) is 5.19. The summed E-state index contributed by atoms with van der Waals surface area (Å²) >= 11 is 6.00. The molecule has 4 nitrogen and oxygen atoms in total. The van der Waals surface area contributed by atoms with Crippen molar-refractivity contribution in [2.45, 2.75) is 37.5 Å². The quantitative estimate of drug-likeness (QED) is 0.641. The summed E-state index contributed by atoms with van der Waals surface area (Å²) < 4.78 is 38.2. The molecule has 0 aliphatic heterocycles. The molecule has 1 atom stereocenters. The van der Waals surface area contributed by atoms with Crippen molar-refractivity contribution in [2.24, 2.45) is 5.92 Å². The van der Waals surface area contributed by atoms with Crippen LogP contribution in [-0.2, 0) is 11.0 Å². The molecule has 2 aromatic carbocycles. The van der Waals surface area contributed by atoms with Gasteiger partial charge in [-0.1, -0.05) is 36.3 Å². The summed E-state index contributed by atoms with van der Waals surface area (Å²) in [7, 11) is 0. The Kier molecular flexibility index (Phi) is 6.59. The molecule has 1 amide bonds. The van der Waals surface area contributed by atoms with Crippen LogP contribution in [0.1, 0.15) is 42.4 Å². The lowest BCUT2D eigenvalue weighted by molar-refractivity contribution is -0.137. The van der Waals surface area contributed by atoms with E-state index in [0.29, 0.717) is 18.5 Å². The summed E-state index contributed by atoms with van der Waals surface area (Å²) in [6.45, 7) is 0. The molecule has 0 radical (unpaired) electrons. The fourth-order valence-corrected chi connectivity index (χ4v) is 3.73. The first-order chi connectivity index (χ1) is 14.6. The summed E-state index contributed by atoms with van der Waals surface area (Å²) in [6.07, 6.45) is -1.59. The molecule has 3 rings (SSSR count). The Morgan fingerprint density at radius 1 is 1.13 bits per heavy atom. The maximum Gasteiger partial charge on any atom is 0.416 e. The summed E-state index contributed by atoms with van der Waals surface area (Å²) in [6, 6.07) is 10.4. The molecular formula is C23H18ClF3N2O2. The van der Waals surface area contributed by atoms with Gasteiger partial charge in [-0.15, -0.1) is 0 Å². The number of hydrogen-bond donors (Lipinski definition) is 2. The lowest BCUT2D eigenvalue weighted by Crippen LogP contribution is -2.47. The molecule has 8 heteroatoms. The predicted octanol–water partition coefficient (Wildman–Crippen LogP) is 5.14. The van der Waals surface area contributed by atoms with Crippen LogP contribution < -0.4 is 5.32 Å². The zero-order valence-electron chi connectivity index (χ0n) is 16.3. The highest BCUT2D eigenvalue weighted by Crippen LogP contribution is 2.35. The molecule has 0 aromatic heterocycles. The summed E-state index contributed by atoms with van der Waals surface area (Å²) in [5.41, 5.74) is -2.05. The average Bonchev–Trinajstić information content (AvgIpc) is 3.27. The second kappa shape index (κ2) is 9.01. The van der Waals surface area contributed by atoms with Gasteiger partial charge < -0.3 is 10.4 Å². The Morgan fingerprint density at radius 3 is 2.32 bits per heavy atom. The number of nitrogens with zero attached hydrogens (tertiary/aromatic N) is 1. The molecule has 0 spiro atoms. The number of halogens is 4. The SMILES string of the molecule is N#Cc1ccc(NC(=O)C(O)(C#Cc2ccc(C(F)(F)F)cc2)C2CCCC2)cc1Cl. The van der Waals surface area contributed by atoms with Crippen molar-refractivity contribution in [2.75, 3.05) is 5.32 Å². The van der Waals surface area contributed by atoms with E-state index in [1.54, 1.807) is 0 Å². The number of amides is 1. The minimum absolute atomic E-state index is 0.153. The topological polar surface area (TPSA) is 73.1 Å². The number of aliphatic hydroxyl groups is 1. The number of rotatable bonds is 3. The third-order valence-corrected chi connectivity index (χ3v) is 5.56. The second-order valence-electron chi connectivity index (χ2n) is 7.33. The normalized spacial score (nSPS) is 16.0. The molecule has 1 saturated carbocycles. The van der Waals surface area contributed by atoms with E-state index >= 15 is 0 Å². The van der Waals surface area contributed by atoms with Crippen LogP contribution in [-0.4, -0.2) is 16.6 Å². The van der Waals surface area contributed by atoms with E-state index in [4.69, 9.17) is 16.9 Å². The molecule has 2 N–H and O–H groups in total. The number of anilines is 1. The maximum absolute atomic E-state index is 13.0. The van der Waals surface area contributed by atoms with E-state index < -0.39 is 29.2 Å². The van der Waals surface area contributed by atoms with Gasteiger partial charge in [-0.25, -0.2) is 0 Å². The molecule has 1 aliphatic rings. The Hall–Kier alpha value is -3.00. The van der Waals surface area contributed by atoms with E-state index in [1.807, 2.05) is 6.07 Å². The van der Waals surface area contributed by atoms with Gasteiger partial charge in [-0.2, -0.15) is 18.4 Å². The minimum Gasteiger partial charge on any atom is -0.369 e. The van der Waals surface area contributed by atoms with Crippen molar-refractivity contribution in [1.29, 1.82) is 5.26 Å². The average molecular weight is 447 g/mol. The molecule has 2 aromatic rings. The van der Waals surface area contributed by atoms with Crippen LogP contribution in [0.3, 0.4) is 0 Å². The number of alkyl halides is 3. The highest BCUT2D eigenvalue weighted by molar-refractivity contribution is 6.32. The first kappa shape index (κ1) is 22.7. The summed E-state index contributed by atoms with van der Waals surface area (Å²) in [5.74, 6) is 4.07. The highest BCUT2D eigenvalue weighted by Gasteiger charge is 2.44. The minimum atomic E-state index is -4.46. The van der Waals surface area contributed by atoms with E-state index in [1.165, 1.54) is 30.3 Å². The van der Waals surface area contributed by atoms with Crippen LogP contribution in [0.25, 0.3) is 0 Å². The van der Waals surface area contributed by atoms with Gasteiger partial charge in [0.05, 0.1) is 16.1 Å². The van der Waals surface area contributed by atoms with Gasteiger partial charge in [0.25, 0.3) is 5.91 Å². The first-order valence-electron chi connectivity index (χ1n) is 9.57. The van der Waals surface area contributed by atoms with Crippen molar-refractivity contribution < 1.29 is 23.1 Å². The zero-order chi connectivity index (χ0) is 22.6. The number of hydrogen-bond acceptors (Lipinski definition) is 3. The van der Waals surface area contributed by atoms with E-state index in [-0.39, 0.29) is 16.1 Å². The van der Waals surface area contributed by atoms with Gasteiger partial charge in [-0.3, -0.25) is 4.79 Å². The Bertz CT molecular complexity index is 1080. The number of nitrogens with one attached hydrogen (secondary N) is 1. The van der Waals surface area contributed by atoms with Gasteiger partial charge in [0.2, 0.25) is 5.60 Å². The molecule has 31 heavy (non-hydrogen) atoms. The van der Waals surface area contributed by atoms with E-state index in [2.05, 4.69) is 17.2 Å². The number of benzene rings is 2. The van der Waals surface area contributed by atoms with Crippen molar-refractivity contribution >= 4 is 23.2 Å². The molecule has 1 unspecified atom stereocenters. The highest BCUT2D eigenvalue weighted by atomic mass is 35.5. The predicted molar refractivity (Wildman–Crippen MR) is 110 cm³/mol. The lowest BCUT2D eigenvalue weighted by Gasteiger charge is -2.27. The monoisotopic (exact) mass is 446 g/mol. The molecule has 160 valence electrons. The van der Waals surface area contributed by atoms with Crippen LogP contribution in [0, 0.1) is 29.1 Å². The number of carbonyl (C=O) groups excluding carboxylic acids is 1. The van der Waals surface area contributed by atoms with Gasteiger partial charge in [0.1, 0.15) is 6.07 Å². The smallest absolute Gasteiger partial charge is 0.369 e. The van der Waals surface area contributed by atoms with Crippen LogP contribution in [0.2, 0.25) is 5.02 Å². The number of carbonyl (C=O) groups is 1. The molecule has 0 saturated heterocycles. The van der Waals surface area contributed by atoms with Crippen molar-refractivity contribution in [3.05, 3.63) is 64.2 Å². The van der Waals surface area contributed by atoms with Crippen LogP contribution in [0.4, 0.5) is 18.9 Å². The fraction of sp³-hybridized carbons (Fsp3) is 0.304. The third-order valence-electron chi connectivity index (χ3n) is 5.25. The second-order valence-corrected chi connectivity index (χ2v) is 7.74. The molecule has 1 aliphatic carbocycles. The van der Waals surface area contributed by atoms with Gasteiger partial charge >= 0.3 is 6.18 Å². The van der Waals surface area contributed by atoms with Gasteiger partial charge in [-0.05, 0) is 55.3 Å². The Morgan fingerprint density at radius 2 is 1.77 bits per heavy atom. The maximum atomic E-state index is 13.0. The van der Waals surface area contributed by atoms with Crippen LogP contribution >= 0.6 is 11.6 Å². The zero-order valence-corrected chi connectivity index (χ0v) is 17.0. The Labute approximate surface area is 182 Å². The van der Waals surface area contributed by atoms with Crippen LogP contribution in [0.15, 0.2) is 42.5 Å². The summed E-state index contributed by atoms with van der Waals surface area (Å²) in [4.78, 5) is 13.0. The van der Waals surface area contributed by atoms with Crippen molar-refractivity contribution in [3.8, 4) is 17.9 Å². The van der Waals surface area contributed by atoms with Gasteiger partial charge in [0.15, 0.2) is 0 Å². The van der Waals surface area contributed by atoms with Crippen molar-refractivity contribution in [3.63, 3.8) is 0 Å². The molecular weight excluding hydrogens is 429 g/mol. The van der Waals surface area contributed by atoms with E-state index in [9.17, 15) is 23.1 Å². The molecule has 0 bridgehead atoms. The van der Waals surface area contributed by atoms with Crippen LogP contribution in [0.5, 0.6) is 0 Å². The first-order valence-corrected chi connectivity index (χ1v) is 9.95. The number of nitriles is 1. The van der Waals surface area contributed by atoms with Gasteiger partial charge in [0, 0.05) is 17.2 Å². The van der Waals surface area contributed by atoms with Crippen molar-refractivity contribution in [1.82, 2.24) is 0 Å². The molecule has 0 heterocycles. The fourth-order valence-electron chi connectivity index (χ4n) is 3.51. The lowest BCUT2D eigenvalue weighted by atomic mass is 9.85. The van der Waals surface area contributed by atoms with E-state index in [0.717, 1.165) is 25.0 Å².